The van der Waals surface area contributed by atoms with Crippen molar-refractivity contribution in [2.24, 2.45) is 0 Å². The third-order valence-electron chi connectivity index (χ3n) is 4.38. The van der Waals surface area contributed by atoms with Gasteiger partial charge >= 0.3 is 0 Å². The van der Waals surface area contributed by atoms with E-state index in [4.69, 9.17) is 0 Å². The number of hydrogen-bond acceptors (Lipinski definition) is 6. The molecule has 0 aliphatic rings. The van der Waals surface area contributed by atoms with Gasteiger partial charge in [0.1, 0.15) is 17.5 Å². The van der Waals surface area contributed by atoms with E-state index >= 15 is 0 Å². The highest BCUT2D eigenvalue weighted by atomic mass is 16.2. The second kappa shape index (κ2) is 7.03. The quantitative estimate of drug-likeness (QED) is 0.584. The summed E-state index contributed by atoms with van der Waals surface area (Å²) in [6, 6.07) is 10.5. The van der Waals surface area contributed by atoms with E-state index in [1.165, 1.54) is 11.0 Å². The fraction of sp³-hybridized carbons (Fsp3) is 0.158. The maximum atomic E-state index is 12.8. The second-order valence-corrected chi connectivity index (χ2v) is 6.24. The number of carbonyl (C=O) groups excluding carboxylic acids is 1. The van der Waals surface area contributed by atoms with Crippen LogP contribution >= 0.6 is 0 Å². The van der Waals surface area contributed by atoms with Gasteiger partial charge < -0.3 is 9.88 Å². The Kier molecular flexibility index (Phi) is 4.40. The number of anilines is 1. The molecule has 0 saturated heterocycles. The average molecular weight is 375 g/mol. The van der Waals surface area contributed by atoms with Crippen LogP contribution in [-0.4, -0.2) is 35.7 Å². The van der Waals surface area contributed by atoms with Gasteiger partial charge in [0.15, 0.2) is 0 Å². The maximum Gasteiger partial charge on any atom is 0.261 e. The molecule has 0 radical (unpaired) electrons. The van der Waals surface area contributed by atoms with Crippen LogP contribution in [0.1, 0.15) is 23.0 Å². The van der Waals surface area contributed by atoms with Gasteiger partial charge in [0, 0.05) is 24.1 Å². The van der Waals surface area contributed by atoms with Gasteiger partial charge in [-0.25, -0.2) is 9.67 Å². The molecule has 9 heteroatoms. The Balaban J connectivity index is 1.66. The minimum Gasteiger partial charge on any atom is -0.332 e. The average Bonchev–Trinajstić information content (AvgIpc) is 3.23. The molecular weight excluding hydrogens is 358 g/mol. The van der Waals surface area contributed by atoms with Crippen molar-refractivity contribution < 1.29 is 4.79 Å². The van der Waals surface area contributed by atoms with E-state index in [2.05, 4.69) is 25.8 Å². The van der Waals surface area contributed by atoms with Crippen LogP contribution in [0.2, 0.25) is 0 Å². The highest BCUT2D eigenvalue weighted by Crippen LogP contribution is 2.15. The number of amides is 1. The Bertz CT molecular complexity index is 1210. The van der Waals surface area contributed by atoms with Crippen molar-refractivity contribution in [1.29, 1.82) is 0 Å². The van der Waals surface area contributed by atoms with Crippen molar-refractivity contribution in [3.05, 3.63) is 70.4 Å². The number of nitrogens with zero attached hydrogens (tertiary/aromatic N) is 6. The van der Waals surface area contributed by atoms with E-state index in [0.29, 0.717) is 23.3 Å². The summed E-state index contributed by atoms with van der Waals surface area (Å²) >= 11 is 0. The van der Waals surface area contributed by atoms with Gasteiger partial charge in [0.25, 0.3) is 5.91 Å². The Morgan fingerprint density at radius 2 is 1.93 bits per heavy atom. The lowest BCUT2D eigenvalue weighted by molar-refractivity contribution is 0.102. The van der Waals surface area contributed by atoms with Crippen LogP contribution in [-0.2, 0) is 6.54 Å². The van der Waals surface area contributed by atoms with Crippen LogP contribution in [0.5, 0.6) is 0 Å². The summed E-state index contributed by atoms with van der Waals surface area (Å²) in [5, 5.41) is 14.2. The molecule has 0 fully saturated rings. The fourth-order valence-electron chi connectivity index (χ4n) is 2.94. The van der Waals surface area contributed by atoms with E-state index in [-0.39, 0.29) is 11.0 Å². The largest absolute Gasteiger partial charge is 0.332 e. The number of aryl methyl sites for hydroxylation is 2. The summed E-state index contributed by atoms with van der Waals surface area (Å²) in [5.41, 5.74) is 2.44. The van der Waals surface area contributed by atoms with Crippen molar-refractivity contribution in [1.82, 2.24) is 29.8 Å². The molecule has 0 saturated carbocycles. The zero-order chi connectivity index (χ0) is 19.7. The molecule has 4 aromatic rings. The van der Waals surface area contributed by atoms with Crippen LogP contribution in [0, 0.1) is 6.92 Å². The second-order valence-electron chi connectivity index (χ2n) is 6.24. The Hall–Kier alpha value is -3.88. The molecule has 0 aliphatic carbocycles. The van der Waals surface area contributed by atoms with Gasteiger partial charge in [-0.05, 0) is 60.7 Å². The molecule has 0 atom stereocenters. The molecule has 140 valence electrons. The molecule has 1 aromatic carbocycles. The zero-order valence-corrected chi connectivity index (χ0v) is 15.3. The van der Waals surface area contributed by atoms with Crippen molar-refractivity contribution in [2.45, 2.75) is 20.4 Å². The number of tetrazole rings is 1. The summed E-state index contributed by atoms with van der Waals surface area (Å²) < 4.78 is 3.31. The third-order valence-corrected chi connectivity index (χ3v) is 4.38. The third kappa shape index (κ3) is 3.13. The topological polar surface area (TPSA) is 108 Å². The van der Waals surface area contributed by atoms with Crippen LogP contribution < -0.4 is 10.7 Å². The van der Waals surface area contributed by atoms with Crippen molar-refractivity contribution >= 4 is 22.6 Å². The molecule has 0 aliphatic heterocycles. The van der Waals surface area contributed by atoms with Crippen molar-refractivity contribution in [2.75, 3.05) is 5.32 Å². The molecule has 0 bridgehead atoms. The lowest BCUT2D eigenvalue weighted by Gasteiger charge is -2.12. The summed E-state index contributed by atoms with van der Waals surface area (Å²) in [7, 11) is 0. The normalized spacial score (nSPS) is 10.9. The Morgan fingerprint density at radius 1 is 1.14 bits per heavy atom. The fourth-order valence-corrected chi connectivity index (χ4v) is 2.94. The van der Waals surface area contributed by atoms with Gasteiger partial charge in [-0.1, -0.05) is 0 Å². The lowest BCUT2D eigenvalue weighted by atomic mass is 10.1. The first-order chi connectivity index (χ1) is 13.6. The standard InChI is InChI=1S/C19H17N7O2/c1-3-25-10-16(17(27)15-9-4-12(2)21-18(15)25)19(28)22-13-5-7-14(8-6-13)26-11-20-23-24-26/h4-11H,3H2,1-2H3,(H,22,28). The van der Waals surface area contributed by atoms with Crippen LogP contribution in [0.4, 0.5) is 5.69 Å². The molecule has 3 aromatic heterocycles. The molecular formula is C19H17N7O2. The number of rotatable bonds is 4. The Morgan fingerprint density at radius 3 is 2.61 bits per heavy atom. The van der Waals surface area contributed by atoms with Gasteiger partial charge in [0.05, 0.1) is 11.1 Å². The highest BCUT2D eigenvalue weighted by molar-refractivity contribution is 6.05. The minimum absolute atomic E-state index is 0.0737. The van der Waals surface area contributed by atoms with E-state index in [1.54, 1.807) is 47.2 Å². The number of hydrogen-bond donors (Lipinski definition) is 1. The number of aromatic nitrogens is 6. The predicted octanol–water partition coefficient (Wildman–Crippen LogP) is 1.95. The van der Waals surface area contributed by atoms with E-state index in [0.717, 1.165) is 11.4 Å². The van der Waals surface area contributed by atoms with Gasteiger partial charge in [-0.15, -0.1) is 5.10 Å². The molecule has 9 nitrogen and oxygen atoms in total. The van der Waals surface area contributed by atoms with Gasteiger partial charge in [-0.3, -0.25) is 9.59 Å². The molecule has 0 spiro atoms. The van der Waals surface area contributed by atoms with Crippen LogP contribution in [0.15, 0.2) is 53.7 Å². The van der Waals surface area contributed by atoms with Crippen molar-refractivity contribution in [3.63, 3.8) is 0 Å². The van der Waals surface area contributed by atoms with Gasteiger partial charge in [-0.2, -0.15) is 0 Å². The van der Waals surface area contributed by atoms with Gasteiger partial charge in [0.2, 0.25) is 5.43 Å². The molecule has 28 heavy (non-hydrogen) atoms. The summed E-state index contributed by atoms with van der Waals surface area (Å²) in [5.74, 6) is -0.468. The van der Waals surface area contributed by atoms with Crippen LogP contribution in [0.25, 0.3) is 16.7 Å². The smallest absolute Gasteiger partial charge is 0.261 e. The van der Waals surface area contributed by atoms with E-state index in [1.807, 2.05) is 13.8 Å². The first-order valence-corrected chi connectivity index (χ1v) is 8.72. The first kappa shape index (κ1) is 17.5. The first-order valence-electron chi connectivity index (χ1n) is 8.72. The number of pyridine rings is 2. The summed E-state index contributed by atoms with van der Waals surface area (Å²) in [6.45, 7) is 4.39. The SMILES string of the molecule is CCn1cc(C(=O)Nc2ccc(-n3cnnn3)cc2)c(=O)c2ccc(C)nc21. The van der Waals surface area contributed by atoms with Crippen LogP contribution in [0.3, 0.4) is 0 Å². The number of carbonyl (C=O) groups is 1. The van der Waals surface area contributed by atoms with E-state index < -0.39 is 5.91 Å². The molecule has 4 rings (SSSR count). The number of benzene rings is 1. The lowest BCUT2D eigenvalue weighted by Crippen LogP contribution is -2.24. The monoisotopic (exact) mass is 375 g/mol. The molecule has 1 N–H and O–H groups in total. The molecule has 0 unspecified atom stereocenters. The Labute approximate surface area is 159 Å². The zero-order valence-electron chi connectivity index (χ0n) is 15.3. The van der Waals surface area contributed by atoms with Crippen molar-refractivity contribution in [3.8, 4) is 5.69 Å². The predicted molar refractivity (Wildman–Crippen MR) is 104 cm³/mol. The van der Waals surface area contributed by atoms with E-state index in [9.17, 15) is 9.59 Å². The summed E-state index contributed by atoms with van der Waals surface area (Å²) in [6.07, 6.45) is 3.04. The highest BCUT2D eigenvalue weighted by Gasteiger charge is 2.16. The number of fused-ring (bicyclic) bond motifs is 1. The summed E-state index contributed by atoms with van der Waals surface area (Å²) in [4.78, 5) is 30.0. The minimum atomic E-state index is -0.468. The maximum absolute atomic E-state index is 12.8. The molecule has 1 amide bonds. The number of nitrogens with one attached hydrogen (secondary N) is 1. The molecule has 3 heterocycles.